The van der Waals surface area contributed by atoms with Gasteiger partial charge < -0.3 is 19.1 Å². The van der Waals surface area contributed by atoms with Crippen LogP contribution < -0.4 is 9.47 Å². The smallest absolute Gasteiger partial charge is 0.254 e. The topological polar surface area (TPSA) is 48.0 Å². The summed E-state index contributed by atoms with van der Waals surface area (Å²) in [7, 11) is 3.08. The first-order chi connectivity index (χ1) is 12.1. The molecule has 6 heteroatoms. The van der Waals surface area contributed by atoms with Gasteiger partial charge in [0, 0.05) is 18.2 Å². The lowest BCUT2D eigenvalue weighted by Crippen LogP contribution is -2.43. The molecule has 1 atom stereocenters. The van der Waals surface area contributed by atoms with Crippen molar-refractivity contribution in [1.82, 2.24) is 4.90 Å². The van der Waals surface area contributed by atoms with Crippen LogP contribution in [0, 0.1) is 5.82 Å². The summed E-state index contributed by atoms with van der Waals surface area (Å²) in [4.78, 5) is 14.8. The third-order valence-corrected chi connectivity index (χ3v) is 4.24. The molecule has 25 heavy (non-hydrogen) atoms. The van der Waals surface area contributed by atoms with Gasteiger partial charge in [0.2, 0.25) is 0 Å². The summed E-state index contributed by atoms with van der Waals surface area (Å²) in [6.07, 6.45) is 0. The lowest BCUT2D eigenvalue weighted by atomic mass is 10.0. The van der Waals surface area contributed by atoms with Crippen LogP contribution in [-0.2, 0) is 4.74 Å². The fourth-order valence-electron chi connectivity index (χ4n) is 2.90. The Labute approximate surface area is 145 Å². The molecule has 1 aliphatic heterocycles. The van der Waals surface area contributed by atoms with Gasteiger partial charge in [-0.25, -0.2) is 4.39 Å². The average molecular weight is 345 g/mol. The molecule has 1 fully saturated rings. The fourth-order valence-corrected chi connectivity index (χ4v) is 2.90. The molecule has 0 N–H and O–H groups in total. The van der Waals surface area contributed by atoms with Gasteiger partial charge in [0.05, 0.1) is 33.5 Å². The zero-order valence-electron chi connectivity index (χ0n) is 14.2. The lowest BCUT2D eigenvalue weighted by Gasteiger charge is -2.36. The minimum absolute atomic E-state index is 0.144. The van der Waals surface area contributed by atoms with Crippen LogP contribution in [0.15, 0.2) is 42.5 Å². The molecule has 1 amide bonds. The molecule has 1 saturated heterocycles. The third-order valence-electron chi connectivity index (χ3n) is 4.24. The molecule has 0 aliphatic carbocycles. The molecule has 2 aromatic rings. The number of hydrogen-bond donors (Lipinski definition) is 0. The van der Waals surface area contributed by atoms with Gasteiger partial charge in [0.1, 0.15) is 17.3 Å². The van der Waals surface area contributed by atoms with E-state index < -0.39 is 0 Å². The number of amides is 1. The minimum Gasteiger partial charge on any atom is -0.497 e. The van der Waals surface area contributed by atoms with Crippen LogP contribution in [0.25, 0.3) is 0 Å². The average Bonchev–Trinajstić information content (AvgIpc) is 2.67. The van der Waals surface area contributed by atoms with Crippen LogP contribution in [0.5, 0.6) is 11.5 Å². The first kappa shape index (κ1) is 17.2. The van der Waals surface area contributed by atoms with Gasteiger partial charge in [-0.2, -0.15) is 0 Å². The summed E-state index contributed by atoms with van der Waals surface area (Å²) in [6.45, 7) is 1.30. The molecular weight excluding hydrogens is 325 g/mol. The third kappa shape index (κ3) is 3.74. The predicted molar refractivity (Wildman–Crippen MR) is 90.5 cm³/mol. The molecule has 1 unspecified atom stereocenters. The molecule has 0 saturated carbocycles. The summed E-state index contributed by atoms with van der Waals surface area (Å²) < 4.78 is 29.2. The molecule has 132 valence electrons. The summed E-state index contributed by atoms with van der Waals surface area (Å²) in [6, 6.07) is 11.0. The maximum Gasteiger partial charge on any atom is 0.254 e. The van der Waals surface area contributed by atoms with Gasteiger partial charge in [0.15, 0.2) is 0 Å². The van der Waals surface area contributed by atoms with Gasteiger partial charge in [0.25, 0.3) is 5.91 Å². The molecule has 1 heterocycles. The van der Waals surface area contributed by atoms with Gasteiger partial charge in [-0.15, -0.1) is 0 Å². The Morgan fingerprint density at radius 1 is 1.12 bits per heavy atom. The maximum absolute atomic E-state index is 13.2. The Bertz CT molecular complexity index is 725. The molecule has 1 aliphatic rings. The zero-order valence-corrected chi connectivity index (χ0v) is 14.2. The first-order valence-electron chi connectivity index (χ1n) is 7.99. The lowest BCUT2D eigenvalue weighted by molar-refractivity contribution is -0.00273. The van der Waals surface area contributed by atoms with Gasteiger partial charge in [-0.3, -0.25) is 4.79 Å². The van der Waals surface area contributed by atoms with Crippen molar-refractivity contribution >= 4 is 5.91 Å². The zero-order chi connectivity index (χ0) is 17.8. The predicted octanol–water partition coefficient (Wildman–Crippen LogP) is 3.06. The van der Waals surface area contributed by atoms with Crippen molar-refractivity contribution in [3.8, 4) is 11.5 Å². The summed E-state index contributed by atoms with van der Waals surface area (Å²) in [5, 5.41) is 0. The van der Waals surface area contributed by atoms with E-state index in [1.165, 1.54) is 12.1 Å². The highest BCUT2D eigenvalue weighted by Gasteiger charge is 2.30. The van der Waals surface area contributed by atoms with E-state index in [2.05, 4.69) is 0 Å². The molecule has 0 radical (unpaired) electrons. The number of methoxy groups -OCH3 is 2. The SMILES string of the molecule is COc1cc(OC)cc(C(=O)N2CCOCC2c2ccc(F)cc2)c1. The van der Waals surface area contributed by atoms with Crippen molar-refractivity contribution in [2.45, 2.75) is 6.04 Å². The first-order valence-corrected chi connectivity index (χ1v) is 7.99. The standard InChI is InChI=1S/C19H20FNO4/c1-23-16-9-14(10-17(11-16)24-2)19(22)21-7-8-25-12-18(21)13-3-5-15(20)6-4-13/h3-6,9-11,18H,7-8,12H2,1-2H3. The fraction of sp³-hybridized carbons (Fsp3) is 0.316. The molecule has 0 aromatic heterocycles. The Balaban J connectivity index is 1.92. The minimum atomic E-state index is -0.309. The quantitative estimate of drug-likeness (QED) is 0.855. The molecule has 0 spiro atoms. The second-order valence-electron chi connectivity index (χ2n) is 5.74. The number of rotatable bonds is 4. The number of carbonyl (C=O) groups excluding carboxylic acids is 1. The number of nitrogens with zero attached hydrogens (tertiary/aromatic N) is 1. The number of carbonyl (C=O) groups is 1. The Kier molecular flexibility index (Phi) is 5.19. The van der Waals surface area contributed by atoms with Gasteiger partial charge in [-0.1, -0.05) is 12.1 Å². The van der Waals surface area contributed by atoms with E-state index in [1.807, 2.05) is 0 Å². The Morgan fingerprint density at radius 3 is 2.36 bits per heavy atom. The second kappa shape index (κ2) is 7.53. The Morgan fingerprint density at radius 2 is 1.76 bits per heavy atom. The monoisotopic (exact) mass is 345 g/mol. The van der Waals surface area contributed by atoms with E-state index >= 15 is 0 Å². The highest BCUT2D eigenvalue weighted by Crippen LogP contribution is 2.29. The normalized spacial score (nSPS) is 17.2. The van der Waals surface area contributed by atoms with Crippen LogP contribution in [0.1, 0.15) is 22.0 Å². The van der Waals surface area contributed by atoms with Crippen LogP contribution in [-0.4, -0.2) is 44.8 Å². The van der Waals surface area contributed by atoms with Crippen molar-refractivity contribution < 1.29 is 23.4 Å². The van der Waals surface area contributed by atoms with E-state index in [-0.39, 0.29) is 17.8 Å². The van der Waals surface area contributed by atoms with E-state index in [4.69, 9.17) is 14.2 Å². The summed E-state index contributed by atoms with van der Waals surface area (Å²) in [5.74, 6) is 0.647. The molecule has 3 rings (SSSR count). The molecule has 2 aromatic carbocycles. The Hall–Kier alpha value is -2.60. The highest BCUT2D eigenvalue weighted by molar-refractivity contribution is 5.95. The second-order valence-corrected chi connectivity index (χ2v) is 5.74. The number of ether oxygens (including phenoxy) is 3. The van der Waals surface area contributed by atoms with Gasteiger partial charge >= 0.3 is 0 Å². The summed E-state index contributed by atoms with van der Waals surface area (Å²) in [5.41, 5.74) is 1.31. The molecule has 0 bridgehead atoms. The van der Waals surface area contributed by atoms with Crippen molar-refractivity contribution in [3.05, 3.63) is 59.4 Å². The highest BCUT2D eigenvalue weighted by atomic mass is 19.1. The number of halogens is 1. The van der Waals surface area contributed by atoms with Crippen molar-refractivity contribution in [3.63, 3.8) is 0 Å². The van der Waals surface area contributed by atoms with Crippen molar-refractivity contribution in [2.75, 3.05) is 34.0 Å². The van der Waals surface area contributed by atoms with Crippen molar-refractivity contribution in [1.29, 1.82) is 0 Å². The van der Waals surface area contributed by atoms with Crippen LogP contribution in [0.2, 0.25) is 0 Å². The van der Waals surface area contributed by atoms with Crippen LogP contribution >= 0.6 is 0 Å². The van der Waals surface area contributed by atoms with E-state index in [0.717, 1.165) is 5.56 Å². The number of benzene rings is 2. The number of morpholine rings is 1. The van der Waals surface area contributed by atoms with Crippen molar-refractivity contribution in [2.24, 2.45) is 0 Å². The summed E-state index contributed by atoms with van der Waals surface area (Å²) >= 11 is 0. The van der Waals surface area contributed by atoms with Crippen LogP contribution in [0.4, 0.5) is 4.39 Å². The number of hydrogen-bond acceptors (Lipinski definition) is 4. The molecular formula is C19H20FNO4. The molecule has 5 nitrogen and oxygen atoms in total. The van der Waals surface area contributed by atoms with E-state index in [9.17, 15) is 9.18 Å². The maximum atomic E-state index is 13.2. The van der Waals surface area contributed by atoms with Gasteiger partial charge in [-0.05, 0) is 29.8 Å². The van der Waals surface area contributed by atoms with E-state index in [0.29, 0.717) is 36.8 Å². The van der Waals surface area contributed by atoms with E-state index in [1.54, 1.807) is 49.5 Å². The largest absolute Gasteiger partial charge is 0.497 e. The van der Waals surface area contributed by atoms with Crippen LogP contribution in [0.3, 0.4) is 0 Å².